The molecule has 1 fully saturated rings. The summed E-state index contributed by atoms with van der Waals surface area (Å²) in [6, 6.07) is 2.57. The van der Waals surface area contributed by atoms with Crippen LogP contribution in [0.4, 0.5) is 0 Å². The number of amides is 4. The van der Waals surface area contributed by atoms with E-state index in [4.69, 9.17) is 5.73 Å². The van der Waals surface area contributed by atoms with Crippen molar-refractivity contribution in [1.29, 1.82) is 0 Å². The molecular formula is C52H74GaN11O19. The molecule has 4 amide bonds. The molecule has 0 aliphatic carbocycles. The van der Waals surface area contributed by atoms with E-state index in [2.05, 4.69) is 31.2 Å². The molecule has 1 aromatic carbocycles. The minimum Gasteiger partial charge on any atom is -0.549 e. The Morgan fingerprint density at radius 1 is 0.639 bits per heavy atom. The Kier molecular flexibility index (Phi) is 33.0. The minimum atomic E-state index is -1.64. The zero-order valence-electron chi connectivity index (χ0n) is 46.1. The number of aromatic amines is 1. The summed E-state index contributed by atoms with van der Waals surface area (Å²) in [6.07, 6.45) is -0.0840. The number of H-pyrrole nitrogens is 1. The molecular weight excluding hydrogens is 1150 g/mol. The third-order valence-corrected chi connectivity index (χ3v) is 13.6. The van der Waals surface area contributed by atoms with Crippen molar-refractivity contribution >= 4 is 90.6 Å². The molecule has 2 heterocycles. The molecule has 1 aliphatic rings. The molecule has 1 saturated heterocycles. The van der Waals surface area contributed by atoms with Gasteiger partial charge < -0.3 is 82.1 Å². The number of aliphatic hydroxyl groups is 2. The van der Waals surface area contributed by atoms with Crippen LogP contribution in [-0.4, -0.2) is 263 Å². The minimum absolute atomic E-state index is 0. The van der Waals surface area contributed by atoms with Gasteiger partial charge in [-0.05, 0) is 31.7 Å². The number of aliphatic carboxylic acids is 5. The number of carbonyl (C=O) groups is 12. The largest absolute Gasteiger partial charge is 3.00 e. The molecule has 83 heavy (non-hydrogen) atoms. The van der Waals surface area contributed by atoms with E-state index in [1.165, 1.54) is 39.0 Å². The summed E-state index contributed by atoms with van der Waals surface area (Å²) in [5.74, 6) is -16.5. The monoisotopic (exact) mass is 1230 g/mol. The number of aliphatic hydroxyl groups excluding tert-OH is 2. The van der Waals surface area contributed by atoms with Crippen LogP contribution < -0.4 is 42.3 Å². The van der Waals surface area contributed by atoms with Crippen molar-refractivity contribution in [3.05, 3.63) is 54.1 Å². The van der Waals surface area contributed by atoms with Crippen LogP contribution in [0.3, 0.4) is 0 Å². The van der Waals surface area contributed by atoms with Crippen LogP contribution in [0.2, 0.25) is 0 Å². The van der Waals surface area contributed by atoms with E-state index in [0.717, 1.165) is 0 Å². The summed E-state index contributed by atoms with van der Waals surface area (Å²) in [4.78, 5) is 165. The number of Topliss-reactive ketones (excluding diaryl/α,β-unsaturated/α-hetero) is 3. The molecule has 0 radical (unpaired) electrons. The topological polar surface area (TPSA) is 471 Å². The quantitative estimate of drug-likeness (QED) is 0.0224. The molecule has 31 heteroatoms. The van der Waals surface area contributed by atoms with Gasteiger partial charge in [0.25, 0.3) is 0 Å². The van der Waals surface area contributed by atoms with Crippen molar-refractivity contribution in [3.8, 4) is 0 Å². The zero-order valence-corrected chi connectivity index (χ0v) is 48.6. The van der Waals surface area contributed by atoms with E-state index in [9.17, 15) is 93.3 Å². The van der Waals surface area contributed by atoms with Crippen molar-refractivity contribution in [2.45, 2.75) is 82.5 Å². The maximum atomic E-state index is 14.0. The first-order valence-corrected chi connectivity index (χ1v) is 26.6. The summed E-state index contributed by atoms with van der Waals surface area (Å²) in [7, 11) is 0. The van der Waals surface area contributed by atoms with E-state index < -0.39 is 178 Å². The van der Waals surface area contributed by atoms with Crippen molar-refractivity contribution < 1.29 is 93.3 Å². The van der Waals surface area contributed by atoms with Gasteiger partial charge in [-0.1, -0.05) is 30.3 Å². The van der Waals surface area contributed by atoms with E-state index >= 15 is 0 Å². The maximum Gasteiger partial charge on any atom is 3.00 e. The van der Waals surface area contributed by atoms with Crippen LogP contribution in [-0.2, 0) is 70.4 Å². The summed E-state index contributed by atoms with van der Waals surface area (Å²) in [5, 5.41) is 84.9. The molecule has 0 spiro atoms. The Labute approximate surface area is 491 Å². The third-order valence-electron chi connectivity index (χ3n) is 13.6. The first-order valence-electron chi connectivity index (χ1n) is 26.6. The Bertz CT molecular complexity index is 2440. The number of ketones is 3. The molecule has 2 unspecified atom stereocenters. The van der Waals surface area contributed by atoms with Crippen LogP contribution in [0, 0.1) is 17.8 Å². The Morgan fingerprint density at radius 2 is 1.13 bits per heavy atom. The van der Waals surface area contributed by atoms with Gasteiger partial charge in [0.1, 0.15) is 23.9 Å². The smallest absolute Gasteiger partial charge is 0.549 e. The van der Waals surface area contributed by atoms with E-state index in [-0.39, 0.29) is 104 Å². The number of hydrogen-bond donors (Lipinski definition) is 10. The number of aromatic nitrogens is 2. The molecule has 30 nitrogen and oxygen atoms in total. The number of rotatable bonds is 36. The number of hydrogen-bond acceptors (Lipinski definition) is 23. The normalized spacial score (nSPS) is 16.5. The van der Waals surface area contributed by atoms with E-state index in [1.54, 1.807) is 30.3 Å². The van der Waals surface area contributed by atoms with E-state index in [0.29, 0.717) is 11.3 Å². The first-order chi connectivity index (χ1) is 38.9. The number of nitrogens with two attached hydrogens (primary N) is 1. The third kappa shape index (κ3) is 27.3. The number of imidazole rings is 1. The number of nitrogens with one attached hydrogen (secondary N) is 5. The van der Waals surface area contributed by atoms with Crippen molar-refractivity contribution in [2.24, 2.45) is 23.5 Å². The summed E-state index contributed by atoms with van der Waals surface area (Å²) in [5.41, 5.74) is 6.29. The Balaban J connectivity index is 0.0000235. The van der Waals surface area contributed by atoms with Crippen LogP contribution >= 0.6 is 0 Å². The summed E-state index contributed by atoms with van der Waals surface area (Å²) >= 11 is 0. The number of carbonyl (C=O) groups excluding carboxylic acids is 10. The van der Waals surface area contributed by atoms with Crippen LogP contribution in [0.25, 0.3) is 0 Å². The van der Waals surface area contributed by atoms with E-state index in [1.807, 2.05) is 0 Å². The van der Waals surface area contributed by atoms with Gasteiger partial charge in [0, 0.05) is 122 Å². The summed E-state index contributed by atoms with van der Waals surface area (Å²) in [6.45, 7) is -2.81. The predicted molar refractivity (Wildman–Crippen MR) is 284 cm³/mol. The molecule has 11 N–H and O–H groups in total. The molecule has 0 saturated carbocycles. The van der Waals surface area contributed by atoms with Crippen LogP contribution in [0.15, 0.2) is 42.9 Å². The maximum absolute atomic E-state index is 14.0. The number of benzene rings is 1. The van der Waals surface area contributed by atoms with Crippen molar-refractivity contribution in [3.63, 3.8) is 0 Å². The average Bonchev–Trinajstić information content (AvgIpc) is 3.94. The van der Waals surface area contributed by atoms with Gasteiger partial charge in [0.2, 0.25) is 23.6 Å². The molecule has 7 atom stereocenters. The van der Waals surface area contributed by atoms with Crippen molar-refractivity contribution in [1.82, 2.24) is 50.8 Å². The van der Waals surface area contributed by atoms with Gasteiger partial charge in [-0.15, -0.1) is 0 Å². The van der Waals surface area contributed by atoms with Gasteiger partial charge in [-0.25, -0.2) is 4.98 Å². The molecule has 1 aromatic heterocycles. The van der Waals surface area contributed by atoms with Gasteiger partial charge >= 0.3 is 31.7 Å². The molecule has 2 aromatic rings. The number of carboxylic acids is 5. The number of nitrogens with zero attached hydrogens (tertiary/aromatic N) is 5. The van der Waals surface area contributed by atoms with Crippen molar-refractivity contribution in [2.75, 3.05) is 98.3 Å². The van der Waals surface area contributed by atoms with Gasteiger partial charge in [-0.3, -0.25) is 62.8 Å². The average molecular weight is 1230 g/mol. The molecule has 454 valence electrons. The Morgan fingerprint density at radius 3 is 1.60 bits per heavy atom. The van der Waals surface area contributed by atoms with Gasteiger partial charge in [-0.2, -0.15) is 0 Å². The SMILES string of the molecule is C[C@H](NC(=O)[C@H](CC(=O)O)CC(=O)CN)C(=O)C[C@@H](Cc1cnc[nH]1)C(=O)N[C@@H](CO)C(=O)C[C@@H](Cc1ccccc1)C(=O)NC(CO)C(=O)NCCCC(C(=O)O)N1CCN(CC(=O)[O-])CCN(CC(=O)[O-])CCN(CC(=O)[O-])CC1.[Ga+3]. The fourth-order valence-corrected chi connectivity index (χ4v) is 9.10. The van der Waals surface area contributed by atoms with Gasteiger partial charge in [0.05, 0.1) is 68.3 Å². The molecule has 3 rings (SSSR count). The second kappa shape index (κ2) is 38.0. The fourth-order valence-electron chi connectivity index (χ4n) is 9.10. The zero-order chi connectivity index (χ0) is 60.9. The van der Waals surface area contributed by atoms with Gasteiger partial charge in [0.15, 0.2) is 11.6 Å². The standard InChI is InChI=1S/C52H77N11O19.Ga/c1-32(57-48(77)36(23-44(69)70)20-38(66)24-53)42(67)21-35(19-37-25-54-31-56-37)50(79)58-39(29-64)43(68)22-34(18-33-6-3-2-4-7-33)49(78)59-40(30-65)51(80)55-9-5-8-41(52(81)82)63-16-14-61(27-46(73)74)12-10-60(26-45(71)72)11-13-62(15-17-63)28-47(75)76;/h2-4,6-7,25,31-32,34-36,39-41,64-65H,5,8-24,26-30,53H2,1H3,(H,54,56)(H,55,80)(H,57,77)(H,58,79)(H,59,78)(H,69,70)(H,71,72)(H,73,74)(H,75,76)(H,81,82);/q;+3/p-3/t32-,34+,35+,36-,39-,40?,41?;/m0./s1. The predicted octanol–water partition coefficient (Wildman–Crippen LogP) is -8.75. The second-order valence-corrected chi connectivity index (χ2v) is 19.9. The molecule has 1 aliphatic heterocycles. The van der Waals surface area contributed by atoms with Crippen LogP contribution in [0.5, 0.6) is 0 Å². The van der Waals surface area contributed by atoms with Crippen LogP contribution in [0.1, 0.15) is 56.7 Å². The second-order valence-electron chi connectivity index (χ2n) is 19.9. The number of carboxylic acid groups (broad SMARTS) is 5. The fraction of sp³-hybridized carbons (Fsp3) is 0.596. The summed E-state index contributed by atoms with van der Waals surface area (Å²) < 4.78 is 0. The molecule has 0 bridgehead atoms. The first kappa shape index (κ1) is 72.1. The Hall–Kier alpha value is -6.97.